The van der Waals surface area contributed by atoms with Crippen molar-refractivity contribution in [1.82, 2.24) is 5.43 Å². The Morgan fingerprint density at radius 2 is 1.72 bits per heavy atom. The lowest BCUT2D eigenvalue weighted by molar-refractivity contribution is 0.0733. The molecule has 29 heavy (non-hydrogen) atoms. The first-order valence-electron chi connectivity index (χ1n) is 8.64. The fourth-order valence-electron chi connectivity index (χ4n) is 2.56. The number of nitrogens with one attached hydrogen (secondary N) is 1. The minimum Gasteiger partial charge on any atom is -0.507 e. The first-order chi connectivity index (χ1) is 14.0. The number of hydrogen-bond acceptors (Lipinski definition) is 5. The second-order valence-corrected chi connectivity index (χ2v) is 7.02. The molecule has 2 N–H and O–H groups in total. The van der Waals surface area contributed by atoms with Crippen LogP contribution in [0.25, 0.3) is 0 Å². The zero-order chi connectivity index (χ0) is 20.8. The van der Waals surface area contributed by atoms with E-state index in [1.807, 2.05) is 19.1 Å². The normalized spacial score (nSPS) is 10.7. The molecule has 3 rings (SSSR count). The van der Waals surface area contributed by atoms with Crippen molar-refractivity contribution < 1.29 is 19.4 Å². The van der Waals surface area contributed by atoms with Crippen LogP contribution in [0.3, 0.4) is 0 Å². The van der Waals surface area contributed by atoms with Gasteiger partial charge in [-0.25, -0.2) is 10.2 Å². The van der Waals surface area contributed by atoms with Gasteiger partial charge in [0.2, 0.25) is 0 Å². The first kappa shape index (κ1) is 20.3. The number of nitrogens with zero attached hydrogens (tertiary/aromatic N) is 1. The van der Waals surface area contributed by atoms with Crippen molar-refractivity contribution in [3.8, 4) is 11.5 Å². The number of halogens is 1. The summed E-state index contributed by atoms with van der Waals surface area (Å²) in [6.07, 6.45) is 1.36. The van der Waals surface area contributed by atoms with E-state index < -0.39 is 11.9 Å². The second kappa shape index (κ2) is 9.16. The molecule has 0 atom stereocenters. The second-order valence-electron chi connectivity index (χ2n) is 6.10. The Kier molecular flexibility index (Phi) is 6.41. The summed E-state index contributed by atoms with van der Waals surface area (Å²) in [5.41, 5.74) is 4.20. The van der Waals surface area contributed by atoms with Gasteiger partial charge in [0.25, 0.3) is 5.91 Å². The minimum absolute atomic E-state index is 0.102. The molecule has 3 aromatic carbocycles. The third-order valence-corrected chi connectivity index (χ3v) is 4.55. The topological polar surface area (TPSA) is 88.0 Å². The number of hydrazone groups is 1. The van der Waals surface area contributed by atoms with E-state index >= 15 is 0 Å². The smallest absolute Gasteiger partial charge is 0.343 e. The van der Waals surface area contributed by atoms with E-state index in [0.29, 0.717) is 16.9 Å². The Bertz CT molecular complexity index is 1100. The molecule has 0 unspecified atom stereocenters. The quantitative estimate of drug-likeness (QED) is 0.259. The molecule has 0 bridgehead atoms. The molecule has 7 heteroatoms. The number of esters is 1. The molecular weight excluding hydrogens is 436 g/mol. The molecular formula is C22H17BrN2O4. The molecule has 0 heterocycles. The third kappa shape index (κ3) is 5.08. The highest BCUT2D eigenvalue weighted by molar-refractivity contribution is 9.10. The van der Waals surface area contributed by atoms with Crippen molar-refractivity contribution in [3.63, 3.8) is 0 Å². The van der Waals surface area contributed by atoms with Gasteiger partial charge >= 0.3 is 5.97 Å². The lowest BCUT2D eigenvalue weighted by atomic mass is 10.1. The fraction of sp³-hybridized carbons (Fsp3) is 0.0455. The van der Waals surface area contributed by atoms with Crippen LogP contribution >= 0.6 is 15.9 Å². The molecule has 6 nitrogen and oxygen atoms in total. The van der Waals surface area contributed by atoms with Crippen LogP contribution in [0.4, 0.5) is 0 Å². The number of carbonyl (C=O) groups excluding carboxylic acids is 2. The first-order valence-corrected chi connectivity index (χ1v) is 9.44. The molecule has 0 fully saturated rings. The SMILES string of the molecule is Cc1ccccc1C(=O)Oc1ccc(Br)cc1C=NNC(=O)c1ccccc1O. The lowest BCUT2D eigenvalue weighted by Crippen LogP contribution is -2.18. The summed E-state index contributed by atoms with van der Waals surface area (Å²) in [7, 11) is 0. The molecule has 146 valence electrons. The van der Waals surface area contributed by atoms with E-state index in [4.69, 9.17) is 4.74 Å². The summed E-state index contributed by atoms with van der Waals surface area (Å²) in [6, 6.07) is 18.3. The maximum Gasteiger partial charge on any atom is 0.343 e. The Balaban J connectivity index is 1.77. The summed E-state index contributed by atoms with van der Waals surface area (Å²) in [5, 5.41) is 13.6. The molecule has 0 aliphatic heterocycles. The van der Waals surface area contributed by atoms with Gasteiger partial charge in [-0.2, -0.15) is 5.10 Å². The van der Waals surface area contributed by atoms with Crippen molar-refractivity contribution in [2.24, 2.45) is 5.10 Å². The highest BCUT2D eigenvalue weighted by atomic mass is 79.9. The fourth-order valence-corrected chi connectivity index (χ4v) is 2.94. The van der Waals surface area contributed by atoms with Crippen LogP contribution in [-0.4, -0.2) is 23.2 Å². The number of amides is 1. The summed E-state index contributed by atoms with van der Waals surface area (Å²) < 4.78 is 6.28. The van der Waals surface area contributed by atoms with Gasteiger partial charge in [0.15, 0.2) is 0 Å². The van der Waals surface area contributed by atoms with E-state index in [0.717, 1.165) is 10.0 Å². The number of benzene rings is 3. The van der Waals surface area contributed by atoms with Gasteiger partial charge in [-0.1, -0.05) is 46.3 Å². The summed E-state index contributed by atoms with van der Waals surface area (Å²) in [6.45, 7) is 1.83. The van der Waals surface area contributed by atoms with Gasteiger partial charge in [0, 0.05) is 10.0 Å². The predicted molar refractivity (Wildman–Crippen MR) is 113 cm³/mol. The summed E-state index contributed by atoms with van der Waals surface area (Å²) in [5.74, 6) is -0.899. The highest BCUT2D eigenvalue weighted by Crippen LogP contribution is 2.23. The highest BCUT2D eigenvalue weighted by Gasteiger charge is 2.14. The number of hydrogen-bond donors (Lipinski definition) is 2. The number of phenols is 1. The van der Waals surface area contributed by atoms with Gasteiger partial charge in [0.05, 0.1) is 17.3 Å². The van der Waals surface area contributed by atoms with Gasteiger partial charge in [-0.05, 0) is 48.9 Å². The number of carbonyl (C=O) groups is 2. The van der Waals surface area contributed by atoms with Crippen LogP contribution in [0.2, 0.25) is 0 Å². The lowest BCUT2D eigenvalue weighted by Gasteiger charge is -2.09. The van der Waals surface area contributed by atoms with Crippen LogP contribution in [0, 0.1) is 6.92 Å². The molecule has 0 spiro atoms. The molecule has 0 radical (unpaired) electrons. The molecule has 3 aromatic rings. The van der Waals surface area contributed by atoms with Crippen LogP contribution in [-0.2, 0) is 0 Å². The average molecular weight is 453 g/mol. The Labute approximate surface area is 176 Å². The number of para-hydroxylation sites is 1. The zero-order valence-electron chi connectivity index (χ0n) is 15.4. The van der Waals surface area contributed by atoms with Gasteiger partial charge in [-0.15, -0.1) is 0 Å². The van der Waals surface area contributed by atoms with E-state index in [1.54, 1.807) is 42.5 Å². The molecule has 0 saturated carbocycles. The number of rotatable bonds is 5. The van der Waals surface area contributed by atoms with E-state index in [9.17, 15) is 14.7 Å². The predicted octanol–water partition coefficient (Wildman–Crippen LogP) is 4.45. The summed E-state index contributed by atoms with van der Waals surface area (Å²) in [4.78, 5) is 24.6. The standard InChI is InChI=1S/C22H17BrN2O4/c1-14-6-2-3-7-17(14)22(28)29-20-11-10-16(23)12-15(20)13-24-25-21(27)18-8-4-5-9-19(18)26/h2-13,26H,1H3,(H,25,27). The Morgan fingerprint density at radius 3 is 2.45 bits per heavy atom. The van der Waals surface area contributed by atoms with Crippen molar-refractivity contribution in [3.05, 3.63) is 93.5 Å². The van der Waals surface area contributed by atoms with E-state index in [1.165, 1.54) is 18.3 Å². The summed E-state index contributed by atoms with van der Waals surface area (Å²) >= 11 is 3.36. The number of aromatic hydroxyl groups is 1. The number of aryl methyl sites for hydroxylation is 1. The van der Waals surface area contributed by atoms with Crippen molar-refractivity contribution in [1.29, 1.82) is 0 Å². The Hall–Kier alpha value is -3.45. The molecule has 0 aliphatic rings. The largest absolute Gasteiger partial charge is 0.507 e. The average Bonchev–Trinajstić information content (AvgIpc) is 2.70. The molecule has 1 amide bonds. The van der Waals surface area contributed by atoms with Crippen molar-refractivity contribution >= 4 is 34.0 Å². The molecule has 0 saturated heterocycles. The molecule has 0 aromatic heterocycles. The van der Waals surface area contributed by atoms with E-state index in [-0.39, 0.29) is 11.3 Å². The maximum atomic E-state index is 12.5. The third-order valence-electron chi connectivity index (χ3n) is 4.06. The zero-order valence-corrected chi connectivity index (χ0v) is 17.0. The van der Waals surface area contributed by atoms with Crippen LogP contribution in [0.15, 0.2) is 76.3 Å². The van der Waals surface area contributed by atoms with E-state index in [2.05, 4.69) is 26.5 Å². The van der Waals surface area contributed by atoms with Gasteiger partial charge in [0.1, 0.15) is 11.5 Å². The molecule has 0 aliphatic carbocycles. The van der Waals surface area contributed by atoms with Gasteiger partial charge < -0.3 is 9.84 Å². The Morgan fingerprint density at radius 1 is 1.03 bits per heavy atom. The number of phenolic OH excluding ortho intramolecular Hbond substituents is 1. The van der Waals surface area contributed by atoms with Crippen molar-refractivity contribution in [2.45, 2.75) is 6.92 Å². The van der Waals surface area contributed by atoms with Crippen LogP contribution < -0.4 is 10.2 Å². The van der Waals surface area contributed by atoms with Crippen LogP contribution in [0.1, 0.15) is 31.8 Å². The van der Waals surface area contributed by atoms with Gasteiger partial charge in [-0.3, -0.25) is 4.79 Å². The van der Waals surface area contributed by atoms with Crippen molar-refractivity contribution in [2.75, 3.05) is 0 Å². The monoisotopic (exact) mass is 452 g/mol. The number of ether oxygens (including phenoxy) is 1. The maximum absolute atomic E-state index is 12.5. The van der Waals surface area contributed by atoms with Crippen LogP contribution in [0.5, 0.6) is 11.5 Å². The minimum atomic E-state index is -0.562.